The fourth-order valence-electron chi connectivity index (χ4n) is 1.37. The average Bonchev–Trinajstić information content (AvgIpc) is 2.62. The summed E-state index contributed by atoms with van der Waals surface area (Å²) in [5, 5.41) is 10.3. The Kier molecular flexibility index (Phi) is 10.1. The minimum Gasteiger partial charge on any atom is -0.462 e. The van der Waals surface area contributed by atoms with Crippen molar-refractivity contribution in [1.82, 2.24) is 19.9 Å². The number of aliphatic hydroxyl groups is 1. The van der Waals surface area contributed by atoms with E-state index in [4.69, 9.17) is 33.0 Å². The zero-order valence-corrected chi connectivity index (χ0v) is 16.8. The van der Waals surface area contributed by atoms with Crippen LogP contribution in [-0.2, 0) is 11.3 Å². The number of hydrogen-bond donors (Lipinski definition) is 1. The van der Waals surface area contributed by atoms with Crippen LogP contribution in [0, 0.1) is 0 Å². The Morgan fingerprint density at radius 1 is 1.12 bits per heavy atom. The Morgan fingerprint density at radius 2 is 1.68 bits per heavy atom. The van der Waals surface area contributed by atoms with Gasteiger partial charge in [0.1, 0.15) is 15.9 Å². The van der Waals surface area contributed by atoms with Gasteiger partial charge in [-0.1, -0.05) is 46.7 Å². The Bertz CT molecular complexity index is 722. The third-order valence-corrected chi connectivity index (χ3v) is 4.28. The highest BCUT2D eigenvalue weighted by molar-refractivity contribution is 7.98. The summed E-state index contributed by atoms with van der Waals surface area (Å²) < 4.78 is 4.77. The summed E-state index contributed by atoms with van der Waals surface area (Å²) >= 11 is 14.2. The van der Waals surface area contributed by atoms with Gasteiger partial charge in [-0.2, -0.15) is 0 Å². The molecule has 0 unspecified atom stereocenters. The van der Waals surface area contributed by atoms with E-state index in [0.717, 1.165) is 0 Å². The number of hydrogen-bond acceptors (Lipinski definition) is 9. The van der Waals surface area contributed by atoms with Crippen LogP contribution in [0.2, 0.25) is 10.3 Å². The van der Waals surface area contributed by atoms with Crippen LogP contribution < -0.4 is 0 Å². The van der Waals surface area contributed by atoms with Gasteiger partial charge in [-0.3, -0.25) is 0 Å². The van der Waals surface area contributed by atoms with E-state index >= 15 is 0 Å². The Morgan fingerprint density at radius 3 is 2.12 bits per heavy atom. The molecule has 2 aromatic rings. The number of carbonyl (C=O) groups excluding carboxylic acids is 1. The predicted molar refractivity (Wildman–Crippen MR) is 99.5 cm³/mol. The van der Waals surface area contributed by atoms with Gasteiger partial charge in [-0.05, 0) is 19.4 Å². The molecular formula is C14H16Cl2N4O3S2. The Hall–Kier alpha value is -1.13. The maximum atomic E-state index is 11.3. The van der Waals surface area contributed by atoms with Gasteiger partial charge in [0.05, 0.1) is 13.2 Å². The number of nitrogens with zero attached hydrogens (tertiary/aromatic N) is 4. The van der Waals surface area contributed by atoms with Crippen LogP contribution in [0.5, 0.6) is 0 Å². The van der Waals surface area contributed by atoms with Crippen LogP contribution in [0.25, 0.3) is 0 Å². The summed E-state index contributed by atoms with van der Waals surface area (Å²) in [5.74, 6) is -0.495. The van der Waals surface area contributed by atoms with Crippen molar-refractivity contribution in [2.45, 2.75) is 23.8 Å². The molecule has 2 heterocycles. The lowest BCUT2D eigenvalue weighted by Crippen LogP contribution is -2.07. The molecule has 0 aliphatic heterocycles. The Balaban J connectivity index is 0.000000257. The molecule has 0 fully saturated rings. The van der Waals surface area contributed by atoms with E-state index in [1.807, 2.05) is 12.5 Å². The smallest absolute Gasteiger partial charge is 0.342 e. The van der Waals surface area contributed by atoms with E-state index in [-0.39, 0.29) is 17.3 Å². The van der Waals surface area contributed by atoms with E-state index in [2.05, 4.69) is 19.9 Å². The quantitative estimate of drug-likeness (QED) is 0.336. The first-order valence-corrected chi connectivity index (χ1v) is 10.1. The van der Waals surface area contributed by atoms with Crippen LogP contribution in [0.15, 0.2) is 22.7 Å². The number of thioether (sulfide) groups is 2. The number of aliphatic hydroxyl groups excluding tert-OH is 1. The maximum absolute atomic E-state index is 11.3. The molecule has 0 atom stereocenters. The molecule has 2 aromatic heterocycles. The molecule has 0 bridgehead atoms. The molecule has 0 radical (unpaired) electrons. The first-order chi connectivity index (χ1) is 12.0. The highest BCUT2D eigenvalue weighted by Crippen LogP contribution is 2.17. The molecular weight excluding hydrogens is 407 g/mol. The van der Waals surface area contributed by atoms with Crippen molar-refractivity contribution >= 4 is 52.7 Å². The first kappa shape index (κ1) is 21.9. The molecule has 0 aliphatic rings. The summed E-state index contributed by atoms with van der Waals surface area (Å²) in [4.78, 5) is 27.0. The highest BCUT2D eigenvalue weighted by Gasteiger charge is 2.13. The fraction of sp³-hybridized carbons (Fsp3) is 0.357. The summed E-state index contributed by atoms with van der Waals surface area (Å²) in [6.07, 6.45) is 6.60. The van der Waals surface area contributed by atoms with Gasteiger partial charge < -0.3 is 9.84 Å². The molecule has 0 spiro atoms. The summed E-state index contributed by atoms with van der Waals surface area (Å²) in [6.45, 7) is 1.91. The lowest BCUT2D eigenvalue weighted by atomic mass is 10.3. The van der Waals surface area contributed by atoms with Crippen molar-refractivity contribution in [2.24, 2.45) is 0 Å². The van der Waals surface area contributed by atoms with E-state index in [1.54, 1.807) is 6.92 Å². The molecule has 11 heteroatoms. The highest BCUT2D eigenvalue weighted by atomic mass is 35.5. The van der Waals surface area contributed by atoms with Crippen molar-refractivity contribution < 1.29 is 14.6 Å². The molecule has 1 N–H and O–H groups in total. The van der Waals surface area contributed by atoms with Crippen LogP contribution in [0.1, 0.15) is 22.8 Å². The summed E-state index contributed by atoms with van der Waals surface area (Å²) in [6, 6.07) is 0. The summed E-state index contributed by atoms with van der Waals surface area (Å²) in [7, 11) is 0. The van der Waals surface area contributed by atoms with E-state index in [1.165, 1.54) is 35.9 Å². The third-order valence-electron chi connectivity index (χ3n) is 2.54. The topological polar surface area (TPSA) is 98.1 Å². The zero-order valence-electron chi connectivity index (χ0n) is 13.7. The molecule has 0 amide bonds. The largest absolute Gasteiger partial charge is 0.462 e. The van der Waals surface area contributed by atoms with Gasteiger partial charge in [0.2, 0.25) is 0 Å². The van der Waals surface area contributed by atoms with Crippen molar-refractivity contribution in [1.29, 1.82) is 0 Å². The van der Waals surface area contributed by atoms with Gasteiger partial charge >= 0.3 is 5.97 Å². The monoisotopic (exact) mass is 422 g/mol. The molecule has 7 nitrogen and oxygen atoms in total. The number of carbonyl (C=O) groups is 1. The predicted octanol–water partition coefficient (Wildman–Crippen LogP) is 3.37. The van der Waals surface area contributed by atoms with Crippen LogP contribution in [0.4, 0.5) is 0 Å². The van der Waals surface area contributed by atoms with Crippen molar-refractivity contribution in [2.75, 3.05) is 19.1 Å². The maximum Gasteiger partial charge on any atom is 0.342 e. The molecule has 2 rings (SSSR count). The normalized spacial score (nSPS) is 10.0. The van der Waals surface area contributed by atoms with E-state index < -0.39 is 5.97 Å². The minimum atomic E-state index is -0.495. The number of esters is 1. The van der Waals surface area contributed by atoms with Crippen molar-refractivity contribution in [3.8, 4) is 0 Å². The van der Waals surface area contributed by atoms with Gasteiger partial charge in [-0.25, -0.2) is 24.7 Å². The Labute approximate surface area is 163 Å². The van der Waals surface area contributed by atoms with Crippen molar-refractivity contribution in [3.63, 3.8) is 0 Å². The van der Waals surface area contributed by atoms with Crippen LogP contribution >= 0.6 is 46.7 Å². The lowest BCUT2D eigenvalue weighted by molar-refractivity contribution is 0.0525. The standard InChI is InChI=1S/C8H9ClN2O2S.C6H7ClN2OS/c1-3-13-7(12)5-4-10-8(14-2)11-6(5)9;1-11-6-8-2-4(3-10)5(7)9-6/h4H,3H2,1-2H3;2,10H,3H2,1H3. The van der Waals surface area contributed by atoms with Gasteiger partial charge in [0.25, 0.3) is 0 Å². The average molecular weight is 423 g/mol. The number of rotatable bonds is 5. The van der Waals surface area contributed by atoms with Crippen molar-refractivity contribution in [3.05, 3.63) is 33.8 Å². The number of halogens is 2. The van der Waals surface area contributed by atoms with Gasteiger partial charge in [0.15, 0.2) is 10.3 Å². The molecule has 0 aliphatic carbocycles. The lowest BCUT2D eigenvalue weighted by Gasteiger charge is -2.03. The third kappa shape index (κ3) is 6.95. The van der Waals surface area contributed by atoms with Crippen LogP contribution in [-0.4, -0.2) is 50.1 Å². The number of aromatic nitrogens is 4. The molecule has 0 saturated heterocycles. The molecule has 25 heavy (non-hydrogen) atoms. The van der Waals surface area contributed by atoms with Crippen LogP contribution in [0.3, 0.4) is 0 Å². The van der Waals surface area contributed by atoms with Gasteiger partial charge in [0, 0.05) is 18.0 Å². The SMILES string of the molecule is CCOC(=O)c1cnc(SC)nc1Cl.CSc1ncc(CO)c(Cl)n1. The molecule has 0 saturated carbocycles. The van der Waals surface area contributed by atoms with E-state index in [0.29, 0.717) is 27.6 Å². The second kappa shape index (κ2) is 11.5. The van der Waals surface area contributed by atoms with E-state index in [9.17, 15) is 4.79 Å². The minimum absolute atomic E-state index is 0.118. The summed E-state index contributed by atoms with van der Waals surface area (Å²) in [5.41, 5.74) is 0.760. The number of ether oxygens (including phenoxy) is 1. The second-order valence-corrected chi connectivity index (χ2v) is 6.38. The fourth-order valence-corrected chi connectivity index (χ4v) is 2.54. The zero-order chi connectivity index (χ0) is 18.8. The first-order valence-electron chi connectivity index (χ1n) is 6.86. The second-order valence-electron chi connectivity index (χ2n) is 4.11. The molecule has 136 valence electrons. The molecule has 0 aromatic carbocycles. The van der Waals surface area contributed by atoms with Gasteiger partial charge in [-0.15, -0.1) is 0 Å².